The van der Waals surface area contributed by atoms with E-state index in [1.807, 2.05) is 38.1 Å². The van der Waals surface area contributed by atoms with Crippen LogP contribution >= 0.6 is 0 Å². The number of hydrogen-bond donors (Lipinski definition) is 2. The van der Waals surface area contributed by atoms with E-state index < -0.39 is 5.97 Å². The summed E-state index contributed by atoms with van der Waals surface area (Å²) in [4.78, 5) is 25.2. The van der Waals surface area contributed by atoms with E-state index in [0.29, 0.717) is 13.1 Å². The van der Waals surface area contributed by atoms with Crippen LogP contribution in [0.3, 0.4) is 0 Å². The molecule has 1 atom stereocenters. The minimum atomic E-state index is -0.971. The fourth-order valence-electron chi connectivity index (χ4n) is 2.77. The van der Waals surface area contributed by atoms with Crippen LogP contribution in [0.2, 0.25) is 0 Å². The fraction of sp³-hybridized carbons (Fsp3) is 0.500. The summed E-state index contributed by atoms with van der Waals surface area (Å²) in [6, 6.07) is 7.85. The molecule has 114 valence electrons. The fourth-order valence-corrected chi connectivity index (χ4v) is 2.77. The zero-order valence-corrected chi connectivity index (χ0v) is 12.5. The Labute approximate surface area is 125 Å². The first-order chi connectivity index (χ1) is 9.99. The second kappa shape index (κ2) is 6.72. The Morgan fingerprint density at radius 2 is 2.10 bits per heavy atom. The Bertz CT molecular complexity index is 528. The Morgan fingerprint density at radius 1 is 1.38 bits per heavy atom. The summed E-state index contributed by atoms with van der Waals surface area (Å²) in [6.07, 6.45) is 0. The summed E-state index contributed by atoms with van der Waals surface area (Å²) in [5.41, 5.74) is 2.13. The Kier molecular flexibility index (Phi) is 4.96. The maximum Gasteiger partial charge on any atom is 0.323 e. The molecular formula is C16H22N2O3. The van der Waals surface area contributed by atoms with E-state index in [4.69, 9.17) is 5.11 Å². The number of amides is 1. The maximum absolute atomic E-state index is 12.8. The Balaban J connectivity index is 2.23. The third kappa shape index (κ3) is 3.82. The summed E-state index contributed by atoms with van der Waals surface area (Å²) in [7, 11) is 0. The number of carboxylic acids is 1. The second-order valence-corrected chi connectivity index (χ2v) is 5.89. The highest BCUT2D eigenvalue weighted by Gasteiger charge is 2.30. The van der Waals surface area contributed by atoms with E-state index in [1.165, 1.54) is 4.90 Å². The molecule has 1 amide bonds. The van der Waals surface area contributed by atoms with Crippen LogP contribution in [0.5, 0.6) is 0 Å². The number of nitrogens with one attached hydrogen (secondary N) is 1. The lowest BCUT2D eigenvalue weighted by Gasteiger charge is -2.31. The van der Waals surface area contributed by atoms with Crippen molar-refractivity contribution in [2.45, 2.75) is 26.3 Å². The normalized spacial score (nSPS) is 17.4. The monoisotopic (exact) mass is 290 g/mol. The van der Waals surface area contributed by atoms with Crippen molar-refractivity contribution in [2.24, 2.45) is 5.92 Å². The standard InChI is InChI=1S/C16H22N2O3/c1-11(2)9-18(10-15(19)20)16(21)14-8-17-7-12-5-3-4-6-13(12)14/h3-6,11,14,17H,7-10H2,1-2H3,(H,19,20). The molecule has 1 heterocycles. The molecule has 0 radical (unpaired) electrons. The largest absolute Gasteiger partial charge is 0.480 e. The van der Waals surface area contributed by atoms with Gasteiger partial charge in [-0.3, -0.25) is 9.59 Å². The van der Waals surface area contributed by atoms with E-state index in [1.54, 1.807) is 0 Å². The molecule has 2 rings (SSSR count). The molecule has 2 N–H and O–H groups in total. The molecule has 1 aliphatic rings. The Hall–Kier alpha value is -1.88. The maximum atomic E-state index is 12.8. The van der Waals surface area contributed by atoms with E-state index in [9.17, 15) is 9.59 Å². The molecule has 5 heteroatoms. The highest BCUT2D eigenvalue weighted by atomic mass is 16.4. The highest BCUT2D eigenvalue weighted by Crippen LogP contribution is 2.25. The van der Waals surface area contributed by atoms with Crippen molar-refractivity contribution >= 4 is 11.9 Å². The van der Waals surface area contributed by atoms with Crippen molar-refractivity contribution in [3.63, 3.8) is 0 Å². The summed E-state index contributed by atoms with van der Waals surface area (Å²) in [5.74, 6) is -1.14. The van der Waals surface area contributed by atoms with Gasteiger partial charge in [0, 0.05) is 19.6 Å². The molecule has 0 saturated heterocycles. The topological polar surface area (TPSA) is 69.6 Å². The number of aliphatic carboxylic acids is 1. The molecule has 21 heavy (non-hydrogen) atoms. The number of rotatable bonds is 5. The zero-order valence-electron chi connectivity index (χ0n) is 12.5. The van der Waals surface area contributed by atoms with Gasteiger partial charge in [-0.05, 0) is 17.0 Å². The molecule has 1 aliphatic heterocycles. The van der Waals surface area contributed by atoms with Gasteiger partial charge in [-0.1, -0.05) is 38.1 Å². The number of carbonyl (C=O) groups excluding carboxylic acids is 1. The Morgan fingerprint density at radius 3 is 2.76 bits per heavy atom. The third-order valence-corrected chi connectivity index (χ3v) is 3.62. The van der Waals surface area contributed by atoms with Gasteiger partial charge in [-0.25, -0.2) is 0 Å². The molecular weight excluding hydrogens is 268 g/mol. The molecule has 0 spiro atoms. The molecule has 0 aliphatic carbocycles. The first-order valence-corrected chi connectivity index (χ1v) is 7.28. The second-order valence-electron chi connectivity index (χ2n) is 5.89. The predicted octanol–water partition coefficient (Wildman–Crippen LogP) is 1.44. The van der Waals surface area contributed by atoms with E-state index in [2.05, 4.69) is 5.32 Å². The molecule has 1 aromatic rings. The third-order valence-electron chi connectivity index (χ3n) is 3.62. The highest BCUT2D eigenvalue weighted by molar-refractivity contribution is 5.87. The van der Waals surface area contributed by atoms with Crippen molar-refractivity contribution in [2.75, 3.05) is 19.6 Å². The SMILES string of the molecule is CC(C)CN(CC(=O)O)C(=O)C1CNCc2ccccc21. The van der Waals surface area contributed by atoms with Gasteiger partial charge in [0.05, 0.1) is 5.92 Å². The van der Waals surface area contributed by atoms with Crippen molar-refractivity contribution in [1.82, 2.24) is 10.2 Å². The number of carboxylic acid groups (broad SMARTS) is 1. The zero-order chi connectivity index (χ0) is 15.4. The summed E-state index contributed by atoms with van der Waals surface area (Å²) in [5, 5.41) is 12.3. The minimum absolute atomic E-state index is 0.106. The molecule has 0 bridgehead atoms. The summed E-state index contributed by atoms with van der Waals surface area (Å²) < 4.78 is 0. The van der Waals surface area contributed by atoms with Gasteiger partial charge in [0.1, 0.15) is 6.54 Å². The number of hydrogen-bond acceptors (Lipinski definition) is 3. The molecule has 0 saturated carbocycles. The van der Waals surface area contributed by atoms with Crippen LogP contribution in [0.1, 0.15) is 30.9 Å². The summed E-state index contributed by atoms with van der Waals surface area (Å²) >= 11 is 0. The average molecular weight is 290 g/mol. The van der Waals surface area contributed by atoms with Crippen LogP contribution in [0, 0.1) is 5.92 Å². The van der Waals surface area contributed by atoms with Crippen LogP contribution < -0.4 is 5.32 Å². The van der Waals surface area contributed by atoms with Gasteiger partial charge < -0.3 is 15.3 Å². The number of carbonyl (C=O) groups is 2. The minimum Gasteiger partial charge on any atom is -0.480 e. The van der Waals surface area contributed by atoms with Crippen molar-refractivity contribution in [1.29, 1.82) is 0 Å². The lowest BCUT2D eigenvalue weighted by atomic mass is 9.89. The van der Waals surface area contributed by atoms with Gasteiger partial charge in [0.25, 0.3) is 0 Å². The average Bonchev–Trinajstić information content (AvgIpc) is 2.44. The van der Waals surface area contributed by atoms with Crippen LogP contribution in [-0.2, 0) is 16.1 Å². The van der Waals surface area contributed by atoms with Crippen LogP contribution in [0.25, 0.3) is 0 Å². The van der Waals surface area contributed by atoms with Crippen LogP contribution in [0.15, 0.2) is 24.3 Å². The smallest absolute Gasteiger partial charge is 0.323 e. The quantitative estimate of drug-likeness (QED) is 0.861. The number of nitrogens with zero attached hydrogens (tertiary/aromatic N) is 1. The van der Waals surface area contributed by atoms with Crippen LogP contribution in [-0.4, -0.2) is 41.5 Å². The molecule has 0 aromatic heterocycles. The van der Waals surface area contributed by atoms with Gasteiger partial charge >= 0.3 is 5.97 Å². The van der Waals surface area contributed by atoms with Crippen molar-refractivity contribution in [3.05, 3.63) is 35.4 Å². The van der Waals surface area contributed by atoms with Crippen LogP contribution in [0.4, 0.5) is 0 Å². The van der Waals surface area contributed by atoms with Crippen molar-refractivity contribution < 1.29 is 14.7 Å². The molecule has 0 fully saturated rings. The number of fused-ring (bicyclic) bond motifs is 1. The summed E-state index contributed by atoms with van der Waals surface area (Å²) in [6.45, 7) is 5.50. The molecule has 1 unspecified atom stereocenters. The lowest BCUT2D eigenvalue weighted by molar-refractivity contribution is -0.145. The van der Waals surface area contributed by atoms with Crippen molar-refractivity contribution in [3.8, 4) is 0 Å². The number of benzene rings is 1. The van der Waals surface area contributed by atoms with E-state index in [-0.39, 0.29) is 24.3 Å². The lowest BCUT2D eigenvalue weighted by Crippen LogP contribution is -2.45. The first-order valence-electron chi connectivity index (χ1n) is 7.28. The first kappa shape index (κ1) is 15.5. The van der Waals surface area contributed by atoms with Gasteiger partial charge in [-0.15, -0.1) is 0 Å². The van der Waals surface area contributed by atoms with E-state index in [0.717, 1.165) is 17.7 Å². The van der Waals surface area contributed by atoms with E-state index >= 15 is 0 Å². The predicted molar refractivity (Wildman–Crippen MR) is 79.9 cm³/mol. The van der Waals surface area contributed by atoms with Gasteiger partial charge in [-0.2, -0.15) is 0 Å². The van der Waals surface area contributed by atoms with Gasteiger partial charge in [0.2, 0.25) is 5.91 Å². The van der Waals surface area contributed by atoms with Gasteiger partial charge in [0.15, 0.2) is 0 Å². The molecule has 1 aromatic carbocycles. The molecule has 5 nitrogen and oxygen atoms in total.